The average molecular weight is 448 g/mol. The summed E-state index contributed by atoms with van der Waals surface area (Å²) < 4.78 is 18.8. The van der Waals surface area contributed by atoms with Crippen LogP contribution in [0.25, 0.3) is 0 Å². The number of morpholine rings is 1. The molecule has 164 valence electrons. The highest BCUT2D eigenvalue weighted by atomic mass is 35.5. The molecule has 0 unspecified atom stereocenters. The lowest BCUT2D eigenvalue weighted by Gasteiger charge is -2.26. The van der Waals surface area contributed by atoms with Crippen molar-refractivity contribution in [2.45, 2.75) is 6.42 Å². The number of nitrogens with zero attached hydrogens (tertiary/aromatic N) is 2. The molecule has 2 aromatic carbocycles. The van der Waals surface area contributed by atoms with E-state index in [1.54, 1.807) is 0 Å². The van der Waals surface area contributed by atoms with Crippen LogP contribution in [0.15, 0.2) is 42.5 Å². The van der Waals surface area contributed by atoms with E-state index < -0.39 is 17.6 Å². The smallest absolute Gasteiger partial charge is 0.266 e. The van der Waals surface area contributed by atoms with E-state index in [1.807, 2.05) is 0 Å². The first-order chi connectivity index (χ1) is 14.5. The van der Waals surface area contributed by atoms with Gasteiger partial charge in [-0.25, -0.2) is 9.29 Å². The van der Waals surface area contributed by atoms with E-state index in [0.717, 1.165) is 50.2 Å². The van der Waals surface area contributed by atoms with Crippen molar-refractivity contribution in [1.82, 2.24) is 10.2 Å². The van der Waals surface area contributed by atoms with Crippen molar-refractivity contribution in [3.63, 3.8) is 0 Å². The molecule has 0 atom stereocenters. The van der Waals surface area contributed by atoms with Gasteiger partial charge in [0.05, 0.1) is 30.0 Å². The lowest BCUT2D eigenvalue weighted by molar-refractivity contribution is 0.0374. The van der Waals surface area contributed by atoms with Gasteiger partial charge in [-0.3, -0.25) is 19.3 Å². The van der Waals surface area contributed by atoms with Crippen molar-refractivity contribution in [2.24, 2.45) is 0 Å². The van der Waals surface area contributed by atoms with Gasteiger partial charge in [-0.05, 0) is 49.4 Å². The van der Waals surface area contributed by atoms with Crippen LogP contribution in [0.1, 0.15) is 37.5 Å². The molecule has 1 saturated heterocycles. The minimum Gasteiger partial charge on any atom is -0.379 e. The fraction of sp³-hybridized carbons (Fsp3) is 0.318. The van der Waals surface area contributed by atoms with Gasteiger partial charge in [-0.15, -0.1) is 12.4 Å². The molecule has 1 N–H and O–H groups in total. The number of carbonyl (C=O) groups is 3. The van der Waals surface area contributed by atoms with Crippen LogP contribution in [0.5, 0.6) is 0 Å². The summed E-state index contributed by atoms with van der Waals surface area (Å²) in [6.45, 7) is 4.66. The molecule has 2 aliphatic rings. The van der Waals surface area contributed by atoms with Crippen LogP contribution in [0.3, 0.4) is 0 Å². The van der Waals surface area contributed by atoms with Crippen molar-refractivity contribution in [3.05, 3.63) is 65.0 Å². The zero-order valence-corrected chi connectivity index (χ0v) is 17.6. The van der Waals surface area contributed by atoms with Gasteiger partial charge < -0.3 is 10.1 Å². The van der Waals surface area contributed by atoms with Gasteiger partial charge in [0.1, 0.15) is 5.82 Å². The number of anilines is 1. The first-order valence-electron chi connectivity index (χ1n) is 9.91. The highest BCUT2D eigenvalue weighted by Crippen LogP contribution is 2.29. The molecule has 2 heterocycles. The molecule has 0 bridgehead atoms. The average Bonchev–Trinajstić information content (AvgIpc) is 3.01. The maximum absolute atomic E-state index is 13.5. The van der Waals surface area contributed by atoms with Crippen molar-refractivity contribution >= 4 is 35.8 Å². The normalized spacial score (nSPS) is 16.1. The summed E-state index contributed by atoms with van der Waals surface area (Å²) in [5.41, 5.74) is 0.816. The van der Waals surface area contributed by atoms with Crippen molar-refractivity contribution in [1.29, 1.82) is 0 Å². The van der Waals surface area contributed by atoms with E-state index >= 15 is 0 Å². The monoisotopic (exact) mass is 447 g/mol. The Bertz CT molecular complexity index is 994. The van der Waals surface area contributed by atoms with Gasteiger partial charge in [-0.2, -0.15) is 0 Å². The summed E-state index contributed by atoms with van der Waals surface area (Å²) in [5.74, 6) is -1.94. The first kappa shape index (κ1) is 22.9. The van der Waals surface area contributed by atoms with Gasteiger partial charge in [0, 0.05) is 25.2 Å². The van der Waals surface area contributed by atoms with Crippen LogP contribution in [0.2, 0.25) is 0 Å². The molecule has 2 aliphatic heterocycles. The number of carbonyl (C=O) groups excluding carboxylic acids is 3. The van der Waals surface area contributed by atoms with Gasteiger partial charge in [0.25, 0.3) is 17.7 Å². The molecule has 0 spiro atoms. The SMILES string of the molecule is Cl.O=C(NCCCN1CCOCC1)c1ccc2c(c1)C(=O)N(c1cccc(F)c1)C2=O. The zero-order chi connectivity index (χ0) is 21.1. The van der Waals surface area contributed by atoms with E-state index in [2.05, 4.69) is 10.2 Å². The predicted molar refractivity (Wildman–Crippen MR) is 115 cm³/mol. The zero-order valence-electron chi connectivity index (χ0n) is 16.8. The Morgan fingerprint density at radius 2 is 1.77 bits per heavy atom. The summed E-state index contributed by atoms with van der Waals surface area (Å²) in [6.07, 6.45) is 0.807. The number of amides is 3. The van der Waals surface area contributed by atoms with E-state index in [4.69, 9.17) is 4.74 Å². The summed E-state index contributed by atoms with van der Waals surface area (Å²) in [7, 11) is 0. The summed E-state index contributed by atoms with van der Waals surface area (Å²) in [4.78, 5) is 41.1. The summed E-state index contributed by atoms with van der Waals surface area (Å²) in [6, 6.07) is 9.71. The van der Waals surface area contributed by atoms with E-state index in [0.29, 0.717) is 12.1 Å². The Kier molecular flexibility index (Phi) is 7.37. The van der Waals surface area contributed by atoms with E-state index in [1.165, 1.54) is 36.4 Å². The second-order valence-corrected chi connectivity index (χ2v) is 7.25. The lowest BCUT2D eigenvalue weighted by Crippen LogP contribution is -2.38. The molecule has 0 saturated carbocycles. The highest BCUT2D eigenvalue weighted by molar-refractivity contribution is 6.34. The molecule has 4 rings (SSSR count). The Balaban J connectivity index is 0.00000272. The molecule has 0 radical (unpaired) electrons. The fourth-order valence-electron chi connectivity index (χ4n) is 3.66. The Labute approximate surface area is 185 Å². The number of hydrogen-bond acceptors (Lipinski definition) is 5. The van der Waals surface area contributed by atoms with Crippen LogP contribution in [-0.2, 0) is 4.74 Å². The number of benzene rings is 2. The topological polar surface area (TPSA) is 79.0 Å². The lowest BCUT2D eigenvalue weighted by atomic mass is 10.1. The largest absolute Gasteiger partial charge is 0.379 e. The van der Waals surface area contributed by atoms with Crippen LogP contribution >= 0.6 is 12.4 Å². The molecule has 3 amide bonds. The molecule has 1 fully saturated rings. The molecule has 31 heavy (non-hydrogen) atoms. The molecule has 0 aliphatic carbocycles. The van der Waals surface area contributed by atoms with Gasteiger partial charge in [0.2, 0.25) is 0 Å². The molecule has 2 aromatic rings. The third-order valence-electron chi connectivity index (χ3n) is 5.26. The maximum Gasteiger partial charge on any atom is 0.266 e. The quantitative estimate of drug-likeness (QED) is 0.543. The summed E-state index contributed by atoms with van der Waals surface area (Å²) in [5, 5.41) is 2.85. The van der Waals surface area contributed by atoms with Gasteiger partial charge in [-0.1, -0.05) is 6.07 Å². The molecule has 7 nitrogen and oxygen atoms in total. The number of halogens is 2. The molecular weight excluding hydrogens is 425 g/mol. The van der Waals surface area contributed by atoms with Gasteiger partial charge >= 0.3 is 0 Å². The van der Waals surface area contributed by atoms with Crippen molar-refractivity contribution < 1.29 is 23.5 Å². The number of nitrogens with one attached hydrogen (secondary N) is 1. The number of rotatable bonds is 6. The number of hydrogen-bond donors (Lipinski definition) is 1. The van der Waals surface area contributed by atoms with Crippen LogP contribution in [-0.4, -0.2) is 62.0 Å². The number of imide groups is 1. The Morgan fingerprint density at radius 1 is 1.03 bits per heavy atom. The van der Waals surface area contributed by atoms with Crippen molar-refractivity contribution in [3.8, 4) is 0 Å². The van der Waals surface area contributed by atoms with Crippen LogP contribution in [0, 0.1) is 5.82 Å². The third-order valence-corrected chi connectivity index (χ3v) is 5.26. The second-order valence-electron chi connectivity index (χ2n) is 7.25. The number of ether oxygens (including phenoxy) is 1. The van der Waals surface area contributed by atoms with Crippen molar-refractivity contribution in [2.75, 3.05) is 44.3 Å². The minimum absolute atomic E-state index is 0. The standard InChI is InChI=1S/C22H22FN3O4.ClH/c23-16-3-1-4-17(14-16)26-21(28)18-6-5-15(13-19(18)22(26)29)20(27)24-7-2-8-25-9-11-30-12-10-25;/h1,3-6,13-14H,2,7-12H2,(H,24,27);1H. The second kappa shape index (κ2) is 10.00. The minimum atomic E-state index is -0.567. The predicted octanol–water partition coefficient (Wildman–Crippen LogP) is 2.50. The number of fused-ring (bicyclic) bond motifs is 1. The van der Waals surface area contributed by atoms with Crippen LogP contribution < -0.4 is 10.2 Å². The fourth-order valence-corrected chi connectivity index (χ4v) is 3.66. The molecular formula is C22H23ClFN3O4. The van der Waals surface area contributed by atoms with E-state index in [9.17, 15) is 18.8 Å². The van der Waals surface area contributed by atoms with Crippen LogP contribution in [0.4, 0.5) is 10.1 Å². The Hall–Kier alpha value is -2.81. The maximum atomic E-state index is 13.5. The molecule has 0 aromatic heterocycles. The summed E-state index contributed by atoms with van der Waals surface area (Å²) >= 11 is 0. The van der Waals surface area contributed by atoms with E-state index in [-0.39, 0.29) is 35.1 Å². The highest BCUT2D eigenvalue weighted by Gasteiger charge is 2.37. The molecule has 9 heteroatoms. The van der Waals surface area contributed by atoms with Gasteiger partial charge in [0.15, 0.2) is 0 Å². The Morgan fingerprint density at radius 3 is 2.52 bits per heavy atom. The third kappa shape index (κ3) is 4.92. The first-order valence-corrected chi connectivity index (χ1v) is 9.91.